The molecule has 0 spiro atoms. The third-order valence-electron chi connectivity index (χ3n) is 6.02. The molecule has 1 aromatic carbocycles. The van der Waals surface area contributed by atoms with E-state index in [1.165, 1.54) is 18.6 Å². The molecule has 2 heterocycles. The van der Waals surface area contributed by atoms with Gasteiger partial charge in [-0.05, 0) is 53.5 Å². The fourth-order valence-electron chi connectivity index (χ4n) is 4.23. The van der Waals surface area contributed by atoms with E-state index in [2.05, 4.69) is 45.6 Å². The lowest BCUT2D eigenvalue weighted by Crippen LogP contribution is -2.27. The number of hydrogen-bond acceptors (Lipinski definition) is 4. The van der Waals surface area contributed by atoms with E-state index in [0.717, 1.165) is 34.5 Å². The number of hydrogen-bond donors (Lipinski definition) is 1. The minimum Gasteiger partial charge on any atom is -0.339 e. The summed E-state index contributed by atoms with van der Waals surface area (Å²) in [5.74, 6) is -0.146. The van der Waals surface area contributed by atoms with Gasteiger partial charge in [-0.2, -0.15) is 0 Å². The Labute approximate surface area is 205 Å². The minimum absolute atomic E-state index is 0.0556. The summed E-state index contributed by atoms with van der Waals surface area (Å²) in [7, 11) is 0. The van der Waals surface area contributed by atoms with Gasteiger partial charge in [0.15, 0.2) is 0 Å². The van der Waals surface area contributed by atoms with Gasteiger partial charge in [0.1, 0.15) is 12.0 Å². The van der Waals surface area contributed by atoms with Crippen molar-refractivity contribution in [1.82, 2.24) is 9.88 Å². The zero-order valence-electron chi connectivity index (χ0n) is 19.4. The maximum absolute atomic E-state index is 12.5. The second kappa shape index (κ2) is 11.2. The highest BCUT2D eigenvalue weighted by molar-refractivity contribution is 6.09. The molecule has 1 fully saturated rings. The molecule has 2 aromatic rings. The van der Waals surface area contributed by atoms with Crippen molar-refractivity contribution in [3.8, 4) is 0 Å². The number of rotatable bonds is 7. The number of carbonyl (C=O) groups is 2. The second-order valence-corrected chi connectivity index (χ2v) is 8.21. The smallest absolute Gasteiger partial charge is 0.274 e. The molecule has 0 bridgehead atoms. The van der Waals surface area contributed by atoms with Crippen LogP contribution in [0.5, 0.6) is 0 Å². The molecule has 176 valence electrons. The Hall–Kier alpha value is -4.39. The molecular weight excluding hydrogens is 438 g/mol. The lowest BCUT2D eigenvalue weighted by Gasteiger charge is -2.22. The highest BCUT2D eigenvalue weighted by Gasteiger charge is 2.30. The fraction of sp³-hybridized carbons (Fsp3) is 0.179. The monoisotopic (exact) mass is 465 g/mol. The zero-order valence-corrected chi connectivity index (χ0v) is 19.4. The molecule has 1 aromatic heterocycles. The number of para-hydroxylation sites is 1. The highest BCUT2D eigenvalue weighted by Crippen LogP contribution is 2.32. The van der Waals surface area contributed by atoms with Crippen LogP contribution in [0.4, 0.5) is 5.69 Å². The predicted octanol–water partition coefficient (Wildman–Crippen LogP) is 4.69. The summed E-state index contributed by atoms with van der Waals surface area (Å²) in [5.41, 5.74) is 4.99. The second-order valence-electron chi connectivity index (χ2n) is 8.21. The molecule has 4 rings (SSSR count). The molecule has 2 amide bonds. The Morgan fingerprint density at radius 3 is 2.69 bits per heavy atom. The van der Waals surface area contributed by atoms with E-state index in [9.17, 15) is 9.59 Å². The molecule has 7 heteroatoms. The molecule has 1 aliphatic carbocycles. The Bertz CT molecular complexity index is 1240. The third-order valence-corrected chi connectivity index (χ3v) is 6.02. The molecule has 7 nitrogen and oxygen atoms in total. The SMILES string of the molecule is C=CN=CN=C1CC=C(c2ccc(C(=O)Nc3ccccc3)nc2)C=C1C1CCN(C(=O)C=C)C1. The van der Waals surface area contributed by atoms with E-state index < -0.39 is 0 Å². The molecule has 2 aliphatic rings. The molecule has 35 heavy (non-hydrogen) atoms. The quantitative estimate of drug-likeness (QED) is 0.365. The number of anilines is 1. The first-order valence-electron chi connectivity index (χ1n) is 11.4. The summed E-state index contributed by atoms with van der Waals surface area (Å²) in [4.78, 5) is 39.4. The number of amides is 2. The largest absolute Gasteiger partial charge is 0.339 e. The first-order valence-corrected chi connectivity index (χ1v) is 11.4. The number of benzene rings is 1. The Kier molecular flexibility index (Phi) is 7.57. The Morgan fingerprint density at radius 1 is 1.14 bits per heavy atom. The molecule has 0 saturated carbocycles. The van der Waals surface area contributed by atoms with Crippen LogP contribution in [0, 0.1) is 5.92 Å². The van der Waals surface area contributed by atoms with Crippen LogP contribution in [-0.4, -0.2) is 46.8 Å². The topological polar surface area (TPSA) is 87.0 Å². The number of aromatic nitrogens is 1. The van der Waals surface area contributed by atoms with Crippen LogP contribution in [0.25, 0.3) is 5.57 Å². The first kappa shape index (κ1) is 23.8. The third kappa shape index (κ3) is 5.76. The fourth-order valence-corrected chi connectivity index (χ4v) is 4.23. The molecule has 1 atom stereocenters. The zero-order chi connectivity index (χ0) is 24.6. The molecule has 1 saturated heterocycles. The summed E-state index contributed by atoms with van der Waals surface area (Å²) >= 11 is 0. The van der Waals surface area contributed by atoms with Gasteiger partial charge < -0.3 is 10.2 Å². The van der Waals surface area contributed by atoms with Crippen molar-refractivity contribution in [3.05, 3.63) is 103 Å². The van der Waals surface area contributed by atoms with Crippen LogP contribution in [-0.2, 0) is 4.79 Å². The number of pyridine rings is 1. The van der Waals surface area contributed by atoms with Crippen molar-refractivity contribution in [3.63, 3.8) is 0 Å². The predicted molar refractivity (Wildman–Crippen MR) is 140 cm³/mol. The number of carbonyl (C=O) groups excluding carboxylic acids is 2. The van der Waals surface area contributed by atoms with Crippen LogP contribution in [0.1, 0.15) is 28.9 Å². The number of nitrogens with one attached hydrogen (secondary N) is 1. The molecule has 1 aliphatic heterocycles. The normalized spacial score (nSPS) is 18.8. The van der Waals surface area contributed by atoms with Crippen molar-refractivity contribution in [1.29, 1.82) is 0 Å². The maximum Gasteiger partial charge on any atom is 0.274 e. The lowest BCUT2D eigenvalue weighted by atomic mass is 9.85. The summed E-state index contributed by atoms with van der Waals surface area (Å²) in [6, 6.07) is 12.9. The van der Waals surface area contributed by atoms with Gasteiger partial charge in [-0.25, -0.2) is 9.98 Å². The average molecular weight is 466 g/mol. The summed E-state index contributed by atoms with van der Waals surface area (Å²) in [6.07, 6.45) is 11.7. The number of aliphatic imine (C=N–C) groups is 2. The van der Waals surface area contributed by atoms with E-state index in [1.54, 1.807) is 12.3 Å². The van der Waals surface area contributed by atoms with Crippen molar-refractivity contribution >= 4 is 35.1 Å². The minimum atomic E-state index is -0.259. The molecule has 0 radical (unpaired) electrons. The van der Waals surface area contributed by atoms with Crippen molar-refractivity contribution in [2.24, 2.45) is 15.9 Å². The van der Waals surface area contributed by atoms with Crippen LogP contribution in [0.2, 0.25) is 0 Å². The van der Waals surface area contributed by atoms with Crippen LogP contribution >= 0.6 is 0 Å². The maximum atomic E-state index is 12.5. The number of nitrogens with zero attached hydrogens (tertiary/aromatic N) is 4. The summed E-state index contributed by atoms with van der Waals surface area (Å²) < 4.78 is 0. The van der Waals surface area contributed by atoms with Gasteiger partial charge in [0.2, 0.25) is 5.91 Å². The van der Waals surface area contributed by atoms with Crippen LogP contribution in [0.15, 0.2) is 102 Å². The van der Waals surface area contributed by atoms with Crippen LogP contribution in [0.3, 0.4) is 0 Å². The van der Waals surface area contributed by atoms with E-state index in [1.807, 2.05) is 41.3 Å². The molecule has 1 unspecified atom stereocenters. The van der Waals surface area contributed by atoms with Gasteiger partial charge >= 0.3 is 0 Å². The number of allylic oxidation sites excluding steroid dienone is 3. The van der Waals surface area contributed by atoms with Crippen LogP contribution < -0.4 is 5.32 Å². The van der Waals surface area contributed by atoms with Gasteiger partial charge in [0.25, 0.3) is 5.91 Å². The first-order chi connectivity index (χ1) is 17.1. The van der Waals surface area contributed by atoms with Gasteiger partial charge in [-0.15, -0.1) is 0 Å². The van der Waals surface area contributed by atoms with Gasteiger partial charge in [-0.1, -0.05) is 43.5 Å². The van der Waals surface area contributed by atoms with Crippen molar-refractivity contribution < 1.29 is 9.59 Å². The Morgan fingerprint density at radius 2 is 1.97 bits per heavy atom. The van der Waals surface area contributed by atoms with Gasteiger partial charge in [0, 0.05) is 49.2 Å². The van der Waals surface area contributed by atoms with Gasteiger partial charge in [-0.3, -0.25) is 14.6 Å². The van der Waals surface area contributed by atoms with Crippen molar-refractivity contribution in [2.75, 3.05) is 18.4 Å². The highest BCUT2D eigenvalue weighted by atomic mass is 16.2. The summed E-state index contributed by atoms with van der Waals surface area (Å²) in [5, 5.41) is 2.85. The standard InChI is InChI=1S/C28H27N5O2/c1-3-27(34)33-15-14-22(18-33)24-16-20(10-12-25(24)31-19-29-4-2)21-11-13-26(30-17-21)28(35)32-23-8-6-5-7-9-23/h3-11,13,16-17,19,22H,1-2,12,14-15,18H2,(H,32,35). The lowest BCUT2D eigenvalue weighted by molar-refractivity contribution is -0.125. The molecular formula is C28H27N5O2. The van der Waals surface area contributed by atoms with Crippen molar-refractivity contribution in [2.45, 2.75) is 12.8 Å². The van der Waals surface area contributed by atoms with E-state index >= 15 is 0 Å². The number of likely N-dealkylation sites (tertiary alicyclic amines) is 1. The van der Waals surface area contributed by atoms with E-state index in [-0.39, 0.29) is 17.7 Å². The van der Waals surface area contributed by atoms with Gasteiger partial charge in [0.05, 0.1) is 0 Å². The average Bonchev–Trinajstić information content (AvgIpc) is 3.39. The Balaban J connectivity index is 1.55. The molecule has 1 N–H and O–H groups in total. The summed E-state index contributed by atoms with van der Waals surface area (Å²) in [6.45, 7) is 8.50. The van der Waals surface area contributed by atoms with E-state index in [4.69, 9.17) is 0 Å². The van der Waals surface area contributed by atoms with E-state index in [0.29, 0.717) is 25.2 Å².